The van der Waals surface area contributed by atoms with Gasteiger partial charge in [-0.3, -0.25) is 4.79 Å². The fourth-order valence-electron chi connectivity index (χ4n) is 3.32. The van der Waals surface area contributed by atoms with E-state index < -0.39 is 5.82 Å². The van der Waals surface area contributed by atoms with Crippen molar-refractivity contribution in [2.45, 2.75) is 44.7 Å². The lowest BCUT2D eigenvalue weighted by molar-refractivity contribution is 0.0926. The molecule has 6 nitrogen and oxygen atoms in total. The number of nitrogens with one attached hydrogen (secondary N) is 2. The number of carbonyl (C=O) groups excluding carboxylic acids is 1. The van der Waals surface area contributed by atoms with E-state index in [1.54, 1.807) is 0 Å². The highest BCUT2D eigenvalue weighted by Gasteiger charge is 2.23. The molecule has 0 saturated heterocycles. The molecule has 0 radical (unpaired) electrons. The average molecular weight is 442 g/mol. The Labute approximate surface area is 181 Å². The van der Waals surface area contributed by atoms with Gasteiger partial charge in [0.05, 0.1) is 5.02 Å². The maximum absolute atomic E-state index is 13.5. The monoisotopic (exact) mass is 441 g/mol. The second-order valence-electron chi connectivity index (χ2n) is 7.38. The van der Waals surface area contributed by atoms with Crippen molar-refractivity contribution in [1.82, 2.24) is 15.3 Å². The van der Waals surface area contributed by atoms with Crippen molar-refractivity contribution >= 4 is 41.7 Å². The van der Waals surface area contributed by atoms with Gasteiger partial charge in [0.25, 0.3) is 5.91 Å². The van der Waals surface area contributed by atoms with Gasteiger partial charge in [-0.25, -0.2) is 9.37 Å². The molecule has 9 heteroatoms. The van der Waals surface area contributed by atoms with Gasteiger partial charge >= 0.3 is 0 Å². The van der Waals surface area contributed by atoms with Crippen LogP contribution < -0.4 is 15.5 Å². The van der Waals surface area contributed by atoms with E-state index in [-0.39, 0.29) is 41.0 Å². The van der Waals surface area contributed by atoms with Crippen LogP contribution in [0.3, 0.4) is 0 Å². The molecule has 1 aromatic carbocycles. The van der Waals surface area contributed by atoms with E-state index >= 15 is 0 Å². The highest BCUT2D eigenvalue weighted by atomic mass is 35.5. The minimum atomic E-state index is -0.586. The molecule has 0 aliphatic heterocycles. The number of benzene rings is 1. The fourth-order valence-corrected chi connectivity index (χ4v) is 3.43. The van der Waals surface area contributed by atoms with E-state index in [1.165, 1.54) is 18.2 Å². The van der Waals surface area contributed by atoms with Gasteiger partial charge in [-0.2, -0.15) is 4.98 Å². The molecule has 0 spiro atoms. The Balaban J connectivity index is 0.00000300. The zero-order valence-corrected chi connectivity index (χ0v) is 18.3. The van der Waals surface area contributed by atoms with Gasteiger partial charge in [-0.1, -0.05) is 11.6 Å². The Hall–Kier alpha value is -2.12. The van der Waals surface area contributed by atoms with Crippen LogP contribution in [-0.2, 0) is 0 Å². The van der Waals surface area contributed by atoms with Gasteiger partial charge in [-0.05, 0) is 50.8 Å². The van der Waals surface area contributed by atoms with Crippen LogP contribution in [0.2, 0.25) is 5.02 Å². The molecule has 1 amide bonds. The smallest absolute Gasteiger partial charge is 0.251 e. The first kappa shape index (κ1) is 23.2. The van der Waals surface area contributed by atoms with Crippen molar-refractivity contribution in [3.05, 3.63) is 46.4 Å². The Bertz CT molecular complexity index is 857. The summed E-state index contributed by atoms with van der Waals surface area (Å²) < 4.78 is 13.5. The van der Waals surface area contributed by atoms with Crippen LogP contribution >= 0.6 is 24.0 Å². The van der Waals surface area contributed by atoms with Crippen LogP contribution in [0.5, 0.6) is 0 Å². The van der Waals surface area contributed by atoms with E-state index in [1.807, 2.05) is 32.0 Å². The minimum Gasteiger partial charge on any atom is -0.363 e. The predicted molar refractivity (Wildman–Crippen MR) is 117 cm³/mol. The number of aromatic nitrogens is 2. The number of rotatable bonds is 5. The molecule has 29 heavy (non-hydrogen) atoms. The number of nitrogens with zero attached hydrogens (tertiary/aromatic N) is 3. The van der Waals surface area contributed by atoms with Crippen LogP contribution in [0.15, 0.2) is 24.3 Å². The van der Waals surface area contributed by atoms with Crippen LogP contribution in [-0.4, -0.2) is 42.1 Å². The fraction of sp³-hybridized carbons (Fsp3) is 0.450. The Morgan fingerprint density at radius 1 is 1.14 bits per heavy atom. The largest absolute Gasteiger partial charge is 0.363 e. The molecule has 1 aliphatic carbocycles. The lowest BCUT2D eigenvalue weighted by Crippen LogP contribution is -2.40. The van der Waals surface area contributed by atoms with E-state index in [0.717, 1.165) is 37.2 Å². The molecule has 1 aliphatic rings. The highest BCUT2D eigenvalue weighted by Crippen LogP contribution is 2.23. The number of carbonyl (C=O) groups is 1. The molecule has 2 N–H and O–H groups in total. The van der Waals surface area contributed by atoms with Crippen molar-refractivity contribution < 1.29 is 9.18 Å². The molecule has 0 bridgehead atoms. The molecule has 0 unspecified atom stereocenters. The normalized spacial score (nSPS) is 18.5. The van der Waals surface area contributed by atoms with Crippen molar-refractivity contribution in [3.63, 3.8) is 0 Å². The zero-order valence-electron chi connectivity index (χ0n) is 16.7. The highest BCUT2D eigenvalue weighted by molar-refractivity contribution is 6.30. The summed E-state index contributed by atoms with van der Waals surface area (Å²) in [5, 5.41) is 6.41. The van der Waals surface area contributed by atoms with Crippen LogP contribution in [0.25, 0.3) is 0 Å². The molecule has 1 fully saturated rings. The van der Waals surface area contributed by atoms with E-state index in [4.69, 9.17) is 11.6 Å². The van der Waals surface area contributed by atoms with Crippen molar-refractivity contribution in [1.29, 1.82) is 0 Å². The summed E-state index contributed by atoms with van der Waals surface area (Å²) in [5.74, 6) is 0.640. The van der Waals surface area contributed by atoms with Gasteiger partial charge in [-0.15, -0.1) is 12.4 Å². The van der Waals surface area contributed by atoms with Gasteiger partial charge in [0.2, 0.25) is 5.95 Å². The molecular formula is C20H26Cl2FN5O. The summed E-state index contributed by atoms with van der Waals surface area (Å²) in [5.41, 5.74) is 1.20. The van der Waals surface area contributed by atoms with Crippen molar-refractivity contribution in [2.75, 3.05) is 24.3 Å². The molecule has 1 heterocycles. The van der Waals surface area contributed by atoms with Gasteiger partial charge in [0.15, 0.2) is 0 Å². The van der Waals surface area contributed by atoms with Crippen molar-refractivity contribution in [2.24, 2.45) is 0 Å². The van der Waals surface area contributed by atoms with Crippen molar-refractivity contribution in [3.8, 4) is 0 Å². The third-order valence-corrected chi connectivity index (χ3v) is 5.18. The third kappa shape index (κ3) is 6.18. The Morgan fingerprint density at radius 3 is 2.41 bits per heavy atom. The molecular weight excluding hydrogens is 416 g/mol. The summed E-state index contributed by atoms with van der Waals surface area (Å²) in [6.07, 6.45) is 3.47. The standard InChI is InChI=1S/C20H25ClFN5O.ClH/c1-12-10-18(27(2)3)26-20(23-12)25-15-7-5-14(6-8-15)24-19(28)13-4-9-16(21)17(22)11-13;/h4,9-11,14-15H,5-8H2,1-3H3,(H,24,28)(H,23,25,26);1H. The number of anilines is 2. The maximum atomic E-state index is 13.5. The number of amides is 1. The Morgan fingerprint density at radius 2 is 1.79 bits per heavy atom. The van der Waals surface area contributed by atoms with E-state index in [0.29, 0.717) is 5.95 Å². The summed E-state index contributed by atoms with van der Waals surface area (Å²) in [7, 11) is 3.90. The maximum Gasteiger partial charge on any atom is 0.251 e. The minimum absolute atomic E-state index is 0. The SMILES string of the molecule is Cc1cc(N(C)C)nc(NC2CCC(NC(=O)c3ccc(Cl)c(F)c3)CC2)n1.Cl. The quantitative estimate of drug-likeness (QED) is 0.726. The second kappa shape index (κ2) is 10.1. The number of halogens is 3. The van der Waals surface area contributed by atoms with E-state index in [2.05, 4.69) is 20.6 Å². The first-order chi connectivity index (χ1) is 13.3. The summed E-state index contributed by atoms with van der Waals surface area (Å²) in [6.45, 7) is 1.95. The van der Waals surface area contributed by atoms with Gasteiger partial charge in [0.1, 0.15) is 11.6 Å². The number of hydrogen-bond acceptors (Lipinski definition) is 5. The zero-order chi connectivity index (χ0) is 20.3. The van der Waals surface area contributed by atoms with E-state index in [9.17, 15) is 9.18 Å². The molecule has 0 atom stereocenters. The molecule has 3 rings (SSSR count). The molecule has 2 aromatic rings. The lowest BCUT2D eigenvalue weighted by Gasteiger charge is -2.30. The topological polar surface area (TPSA) is 70.2 Å². The first-order valence-corrected chi connectivity index (χ1v) is 9.75. The molecule has 1 aromatic heterocycles. The lowest BCUT2D eigenvalue weighted by atomic mass is 9.91. The second-order valence-corrected chi connectivity index (χ2v) is 7.79. The van der Waals surface area contributed by atoms with Crippen LogP contribution in [0.4, 0.5) is 16.2 Å². The summed E-state index contributed by atoms with van der Waals surface area (Å²) in [6, 6.07) is 6.37. The summed E-state index contributed by atoms with van der Waals surface area (Å²) >= 11 is 5.67. The predicted octanol–water partition coefficient (Wildman–Crippen LogP) is 4.22. The van der Waals surface area contributed by atoms with Crippen LogP contribution in [0.1, 0.15) is 41.7 Å². The molecule has 158 valence electrons. The molecule has 1 saturated carbocycles. The average Bonchev–Trinajstić information content (AvgIpc) is 2.65. The van der Waals surface area contributed by atoms with Gasteiger partial charge < -0.3 is 15.5 Å². The van der Waals surface area contributed by atoms with Gasteiger partial charge in [0, 0.05) is 43.5 Å². The Kier molecular flexibility index (Phi) is 8.05. The first-order valence-electron chi connectivity index (χ1n) is 9.37. The number of aryl methyl sites for hydroxylation is 1. The number of hydrogen-bond donors (Lipinski definition) is 2. The third-order valence-electron chi connectivity index (χ3n) is 4.88. The van der Waals surface area contributed by atoms with Crippen LogP contribution in [0, 0.1) is 12.7 Å². The summed E-state index contributed by atoms with van der Waals surface area (Å²) in [4.78, 5) is 23.3.